The molecule has 1 heterocycles. The molecule has 2 aromatic carbocycles. The minimum atomic E-state index is 0.0843. The van der Waals surface area contributed by atoms with Crippen molar-refractivity contribution in [3.8, 4) is 0 Å². The summed E-state index contributed by atoms with van der Waals surface area (Å²) in [6.45, 7) is 0.626. The molecule has 0 radical (unpaired) electrons. The molecule has 0 bridgehead atoms. The average molecular weight is 408 g/mol. The third kappa shape index (κ3) is 3.60. The van der Waals surface area contributed by atoms with Gasteiger partial charge in [-0.25, -0.2) is 0 Å². The minimum absolute atomic E-state index is 0.0843. The first kappa shape index (κ1) is 18.2. The third-order valence-electron chi connectivity index (χ3n) is 5.55. The zero-order valence-corrected chi connectivity index (χ0v) is 16.8. The van der Waals surface area contributed by atoms with Crippen LogP contribution in [0.15, 0.2) is 41.4 Å². The van der Waals surface area contributed by atoms with Crippen LogP contribution in [0.4, 0.5) is 5.69 Å². The van der Waals surface area contributed by atoms with E-state index in [2.05, 4.69) is 11.4 Å². The SMILES string of the molecule is Clc1cccc(CN=C2Nc3cc(Cl)c(Cl)cc3CC23CCCCC3)c1. The Morgan fingerprint density at radius 2 is 1.73 bits per heavy atom. The molecule has 1 fully saturated rings. The van der Waals surface area contributed by atoms with Crippen LogP contribution >= 0.6 is 34.8 Å². The van der Waals surface area contributed by atoms with Gasteiger partial charge in [-0.05, 0) is 54.7 Å². The molecule has 0 unspecified atom stereocenters. The Hall–Kier alpha value is -1.22. The Labute approximate surface area is 169 Å². The summed E-state index contributed by atoms with van der Waals surface area (Å²) < 4.78 is 0. The van der Waals surface area contributed by atoms with Crippen LogP contribution in [-0.2, 0) is 13.0 Å². The molecule has 2 aliphatic rings. The fourth-order valence-corrected chi connectivity index (χ4v) is 4.78. The van der Waals surface area contributed by atoms with E-state index in [-0.39, 0.29) is 5.41 Å². The summed E-state index contributed by atoms with van der Waals surface area (Å²) >= 11 is 18.6. The highest BCUT2D eigenvalue weighted by atomic mass is 35.5. The highest BCUT2D eigenvalue weighted by Gasteiger charge is 2.41. The predicted molar refractivity (Wildman–Crippen MR) is 112 cm³/mol. The molecule has 2 nitrogen and oxygen atoms in total. The summed E-state index contributed by atoms with van der Waals surface area (Å²) in [6.07, 6.45) is 7.09. The molecule has 136 valence electrons. The number of benzene rings is 2. The molecule has 2 aromatic rings. The van der Waals surface area contributed by atoms with Crippen molar-refractivity contribution in [2.45, 2.75) is 45.1 Å². The Bertz CT molecular complexity index is 854. The van der Waals surface area contributed by atoms with E-state index in [0.29, 0.717) is 16.6 Å². The summed E-state index contributed by atoms with van der Waals surface area (Å²) in [5, 5.41) is 5.53. The van der Waals surface area contributed by atoms with Crippen molar-refractivity contribution in [1.29, 1.82) is 0 Å². The van der Waals surface area contributed by atoms with Crippen LogP contribution in [-0.4, -0.2) is 5.84 Å². The number of rotatable bonds is 2. The van der Waals surface area contributed by atoms with Gasteiger partial charge < -0.3 is 5.32 Å². The van der Waals surface area contributed by atoms with Crippen LogP contribution < -0.4 is 5.32 Å². The third-order valence-corrected chi connectivity index (χ3v) is 6.51. The maximum atomic E-state index is 6.26. The van der Waals surface area contributed by atoms with Crippen LogP contribution in [0.3, 0.4) is 0 Å². The van der Waals surface area contributed by atoms with Crippen LogP contribution in [0.1, 0.15) is 43.2 Å². The van der Waals surface area contributed by atoms with Crippen molar-refractivity contribution in [3.63, 3.8) is 0 Å². The zero-order valence-electron chi connectivity index (χ0n) is 14.5. The van der Waals surface area contributed by atoms with E-state index in [1.807, 2.05) is 30.3 Å². The van der Waals surface area contributed by atoms with Gasteiger partial charge in [0, 0.05) is 16.1 Å². The first-order chi connectivity index (χ1) is 12.6. The van der Waals surface area contributed by atoms with Gasteiger partial charge in [-0.3, -0.25) is 4.99 Å². The van der Waals surface area contributed by atoms with E-state index in [1.54, 1.807) is 0 Å². The lowest BCUT2D eigenvalue weighted by Gasteiger charge is -2.42. The first-order valence-corrected chi connectivity index (χ1v) is 10.2. The lowest BCUT2D eigenvalue weighted by Crippen LogP contribution is -2.43. The highest BCUT2D eigenvalue weighted by Crippen LogP contribution is 2.46. The van der Waals surface area contributed by atoms with E-state index in [4.69, 9.17) is 39.8 Å². The molecule has 0 atom stereocenters. The van der Waals surface area contributed by atoms with Gasteiger partial charge in [-0.15, -0.1) is 0 Å². The number of anilines is 1. The standard InChI is InChI=1S/C21H21Cl3N2/c22-16-6-4-5-14(9-16)13-25-20-21(7-2-1-3-8-21)12-15-10-17(23)18(24)11-19(15)26-20/h4-6,9-11H,1-3,7-8,12-13H2,(H,25,26). The monoisotopic (exact) mass is 406 g/mol. The molecule has 1 N–H and O–H groups in total. The van der Waals surface area contributed by atoms with Gasteiger partial charge in [0.2, 0.25) is 0 Å². The van der Waals surface area contributed by atoms with E-state index in [0.717, 1.165) is 41.4 Å². The zero-order chi connectivity index (χ0) is 18.1. The number of amidine groups is 1. The summed E-state index contributed by atoms with van der Waals surface area (Å²) in [5.41, 5.74) is 3.47. The maximum Gasteiger partial charge on any atom is 0.108 e. The van der Waals surface area contributed by atoms with Gasteiger partial charge in [0.1, 0.15) is 5.84 Å². The van der Waals surface area contributed by atoms with Crippen LogP contribution in [0, 0.1) is 5.41 Å². The number of halogens is 3. The summed E-state index contributed by atoms with van der Waals surface area (Å²) in [4.78, 5) is 4.99. The smallest absolute Gasteiger partial charge is 0.108 e. The van der Waals surface area contributed by atoms with Crippen LogP contribution in [0.2, 0.25) is 15.1 Å². The Kier molecular flexibility index (Phi) is 5.18. The maximum absolute atomic E-state index is 6.26. The quantitative estimate of drug-likeness (QED) is 0.561. The molecule has 1 saturated carbocycles. The van der Waals surface area contributed by atoms with Crippen molar-refractivity contribution < 1.29 is 0 Å². The fraction of sp³-hybridized carbons (Fsp3) is 0.381. The van der Waals surface area contributed by atoms with E-state index in [1.165, 1.54) is 24.8 Å². The number of nitrogens with zero attached hydrogens (tertiary/aromatic N) is 1. The molecule has 0 amide bonds. The topological polar surface area (TPSA) is 24.4 Å². The second-order valence-electron chi connectivity index (χ2n) is 7.36. The van der Waals surface area contributed by atoms with Gasteiger partial charge in [0.05, 0.1) is 16.6 Å². The normalized spacial score (nSPS) is 20.0. The van der Waals surface area contributed by atoms with Gasteiger partial charge >= 0.3 is 0 Å². The Balaban J connectivity index is 1.70. The highest BCUT2D eigenvalue weighted by molar-refractivity contribution is 6.42. The fourth-order valence-electron chi connectivity index (χ4n) is 4.21. The molecular formula is C21H21Cl3N2. The van der Waals surface area contributed by atoms with Gasteiger partial charge in [-0.2, -0.15) is 0 Å². The molecule has 0 saturated heterocycles. The number of hydrogen-bond acceptors (Lipinski definition) is 1. The lowest BCUT2D eigenvalue weighted by atomic mass is 9.67. The van der Waals surface area contributed by atoms with Crippen LogP contribution in [0.25, 0.3) is 0 Å². The molecule has 1 aliphatic heterocycles. The first-order valence-electron chi connectivity index (χ1n) is 9.10. The van der Waals surface area contributed by atoms with Gasteiger partial charge in [0.25, 0.3) is 0 Å². The van der Waals surface area contributed by atoms with E-state index >= 15 is 0 Å². The Morgan fingerprint density at radius 1 is 0.962 bits per heavy atom. The number of fused-ring (bicyclic) bond motifs is 1. The summed E-state index contributed by atoms with van der Waals surface area (Å²) in [6, 6.07) is 11.8. The second-order valence-corrected chi connectivity index (χ2v) is 8.61. The van der Waals surface area contributed by atoms with Crippen LogP contribution in [0.5, 0.6) is 0 Å². The van der Waals surface area contributed by atoms with Crippen molar-refractivity contribution >= 4 is 46.3 Å². The number of hydrogen-bond donors (Lipinski definition) is 1. The molecule has 1 aliphatic carbocycles. The second kappa shape index (κ2) is 7.42. The number of aliphatic imine (C=N–C) groups is 1. The summed E-state index contributed by atoms with van der Waals surface area (Å²) in [5.74, 6) is 1.09. The van der Waals surface area contributed by atoms with Crippen molar-refractivity contribution in [3.05, 3.63) is 62.6 Å². The molecule has 26 heavy (non-hydrogen) atoms. The molecule has 0 aromatic heterocycles. The van der Waals surface area contributed by atoms with Crippen molar-refractivity contribution in [2.24, 2.45) is 10.4 Å². The largest absolute Gasteiger partial charge is 0.343 e. The lowest BCUT2D eigenvalue weighted by molar-refractivity contribution is 0.278. The van der Waals surface area contributed by atoms with Gasteiger partial charge in [-0.1, -0.05) is 66.2 Å². The molecule has 4 rings (SSSR count). The average Bonchev–Trinajstić information content (AvgIpc) is 2.62. The molecule has 1 spiro atoms. The molecule has 5 heteroatoms. The van der Waals surface area contributed by atoms with Crippen molar-refractivity contribution in [2.75, 3.05) is 5.32 Å². The minimum Gasteiger partial charge on any atom is -0.343 e. The van der Waals surface area contributed by atoms with Gasteiger partial charge in [0.15, 0.2) is 0 Å². The Morgan fingerprint density at radius 3 is 2.50 bits per heavy atom. The van der Waals surface area contributed by atoms with Crippen molar-refractivity contribution in [1.82, 2.24) is 0 Å². The predicted octanol–water partition coefficient (Wildman–Crippen LogP) is 7.16. The summed E-state index contributed by atoms with van der Waals surface area (Å²) in [7, 11) is 0. The number of nitrogens with one attached hydrogen (secondary N) is 1. The molecular weight excluding hydrogens is 387 g/mol. The van der Waals surface area contributed by atoms with E-state index in [9.17, 15) is 0 Å². The van der Waals surface area contributed by atoms with E-state index < -0.39 is 0 Å².